The zero-order valence-electron chi connectivity index (χ0n) is 21.5. The lowest BCUT2D eigenvalue weighted by molar-refractivity contribution is -0.274. The van der Waals surface area contributed by atoms with E-state index in [1.807, 2.05) is 11.5 Å². The van der Waals surface area contributed by atoms with Gasteiger partial charge in [-0.25, -0.2) is 4.79 Å². The van der Waals surface area contributed by atoms with E-state index in [0.29, 0.717) is 39.4 Å². The molecule has 4 rings (SSSR count). The largest absolute Gasteiger partial charge is 0.573 e. The fourth-order valence-corrected chi connectivity index (χ4v) is 4.72. The van der Waals surface area contributed by atoms with Gasteiger partial charge in [-0.1, -0.05) is 29.8 Å². The first kappa shape index (κ1) is 29.1. The third-order valence-electron chi connectivity index (χ3n) is 6.37. The summed E-state index contributed by atoms with van der Waals surface area (Å²) in [7, 11) is 1.52. The van der Waals surface area contributed by atoms with Gasteiger partial charge in [0.15, 0.2) is 5.75 Å². The van der Waals surface area contributed by atoms with Crippen LogP contribution in [0.4, 0.5) is 13.2 Å². The number of fused-ring (bicyclic) bond motifs is 1. The minimum Gasteiger partial charge on any atom is -0.497 e. The molecule has 212 valence electrons. The van der Waals surface area contributed by atoms with Gasteiger partial charge in [0.2, 0.25) is 0 Å². The monoisotopic (exact) mass is 578 g/mol. The molecule has 0 spiro atoms. The third-order valence-corrected chi connectivity index (χ3v) is 6.74. The maximum Gasteiger partial charge on any atom is 0.573 e. The molecule has 0 saturated carbocycles. The summed E-state index contributed by atoms with van der Waals surface area (Å²) >= 11 is 6.53. The molecule has 1 aliphatic rings. The van der Waals surface area contributed by atoms with Crippen molar-refractivity contribution < 1.29 is 42.1 Å². The fraction of sp³-hybridized carbons (Fsp3) is 0.250. The number of hydrogen-bond donors (Lipinski definition) is 2. The number of carboxylic acid groups (broad SMARTS) is 1. The van der Waals surface area contributed by atoms with E-state index >= 15 is 0 Å². The Labute approximate surface area is 232 Å². The molecule has 3 N–H and O–H groups in total. The summed E-state index contributed by atoms with van der Waals surface area (Å²) in [5.74, 6) is 4.94. The molecule has 0 fully saturated rings. The lowest BCUT2D eigenvalue weighted by atomic mass is 10.0. The highest BCUT2D eigenvalue weighted by molar-refractivity contribution is 6.32. The van der Waals surface area contributed by atoms with Gasteiger partial charge >= 0.3 is 12.3 Å². The highest BCUT2D eigenvalue weighted by Gasteiger charge is 2.31. The van der Waals surface area contributed by atoms with Gasteiger partial charge in [-0.2, -0.15) is 5.90 Å². The number of aliphatic carboxylic acids is 1. The first-order valence-corrected chi connectivity index (χ1v) is 12.4. The molecule has 0 amide bonds. The SMILES string of the molecule is COc1ccc(Cc2c(C)n(CC3=CC(OCC(=O)O)C=CC=C3Cl)c3cc(OC(F)(F)F)ccc23)c(ON)c1. The van der Waals surface area contributed by atoms with Gasteiger partial charge in [-0.05, 0) is 48.4 Å². The van der Waals surface area contributed by atoms with Crippen LogP contribution in [0.15, 0.2) is 71.3 Å². The van der Waals surface area contributed by atoms with E-state index in [1.54, 1.807) is 48.6 Å². The van der Waals surface area contributed by atoms with Crippen molar-refractivity contribution in [1.82, 2.24) is 4.57 Å². The molecule has 40 heavy (non-hydrogen) atoms. The van der Waals surface area contributed by atoms with Crippen molar-refractivity contribution >= 4 is 28.5 Å². The van der Waals surface area contributed by atoms with Crippen LogP contribution in [0.1, 0.15) is 16.8 Å². The molecule has 0 saturated heterocycles. The van der Waals surface area contributed by atoms with E-state index in [1.165, 1.54) is 19.2 Å². The van der Waals surface area contributed by atoms with Gasteiger partial charge in [0.05, 0.1) is 18.7 Å². The molecule has 1 aromatic heterocycles. The van der Waals surface area contributed by atoms with E-state index in [0.717, 1.165) is 16.8 Å². The number of halogens is 4. The van der Waals surface area contributed by atoms with Crippen molar-refractivity contribution in [2.75, 3.05) is 13.7 Å². The van der Waals surface area contributed by atoms with Gasteiger partial charge in [0.25, 0.3) is 0 Å². The number of rotatable bonds is 10. The van der Waals surface area contributed by atoms with Gasteiger partial charge in [-0.3, -0.25) is 0 Å². The Morgan fingerprint density at radius 2 is 1.93 bits per heavy atom. The zero-order chi connectivity index (χ0) is 29.0. The number of methoxy groups -OCH3 is 1. The minimum absolute atomic E-state index is 0.157. The van der Waals surface area contributed by atoms with Crippen molar-refractivity contribution in [3.8, 4) is 17.2 Å². The summed E-state index contributed by atoms with van der Waals surface area (Å²) in [6.07, 6.45) is 1.42. The minimum atomic E-state index is -4.87. The molecule has 0 aliphatic heterocycles. The van der Waals surface area contributed by atoms with Crippen LogP contribution in [0.3, 0.4) is 0 Å². The average molecular weight is 579 g/mol. The number of hydrogen-bond acceptors (Lipinski definition) is 6. The summed E-state index contributed by atoms with van der Waals surface area (Å²) in [5.41, 5.74) is 3.38. The third kappa shape index (κ3) is 6.79. The molecule has 12 heteroatoms. The normalized spacial score (nSPS) is 15.4. The highest BCUT2D eigenvalue weighted by Crippen LogP contribution is 2.36. The summed E-state index contributed by atoms with van der Waals surface area (Å²) in [6, 6.07) is 9.35. The second kappa shape index (κ2) is 12.1. The summed E-state index contributed by atoms with van der Waals surface area (Å²) in [6.45, 7) is 1.49. The van der Waals surface area contributed by atoms with Crippen LogP contribution in [0.5, 0.6) is 17.2 Å². The Morgan fingerprint density at radius 1 is 1.18 bits per heavy atom. The van der Waals surface area contributed by atoms with Crippen molar-refractivity contribution in [3.63, 3.8) is 0 Å². The number of allylic oxidation sites excluding steroid dienone is 4. The van der Waals surface area contributed by atoms with Crippen LogP contribution in [-0.4, -0.2) is 41.8 Å². The molecule has 2 aromatic carbocycles. The summed E-state index contributed by atoms with van der Waals surface area (Å²) < 4.78 is 55.8. The number of aromatic nitrogens is 1. The number of nitrogens with two attached hydrogens (primary N) is 1. The Kier molecular flexibility index (Phi) is 8.77. The molecule has 1 heterocycles. The van der Waals surface area contributed by atoms with Crippen LogP contribution in [0, 0.1) is 6.92 Å². The van der Waals surface area contributed by atoms with Gasteiger partial charge < -0.3 is 28.7 Å². The number of carbonyl (C=O) groups is 1. The number of ether oxygens (including phenoxy) is 3. The van der Waals surface area contributed by atoms with Crippen molar-refractivity contribution in [1.29, 1.82) is 0 Å². The Bertz CT molecular complexity index is 1510. The molecular weight excluding hydrogens is 553 g/mol. The molecule has 1 aliphatic carbocycles. The smallest absolute Gasteiger partial charge is 0.497 e. The Balaban J connectivity index is 1.81. The lowest BCUT2D eigenvalue weighted by Crippen LogP contribution is -2.17. The van der Waals surface area contributed by atoms with Crippen molar-refractivity contribution in [3.05, 3.63) is 88.1 Å². The van der Waals surface area contributed by atoms with Gasteiger partial charge in [-0.15, -0.1) is 13.2 Å². The molecule has 1 unspecified atom stereocenters. The second-order valence-corrected chi connectivity index (χ2v) is 9.31. The van der Waals surface area contributed by atoms with Crippen LogP contribution >= 0.6 is 11.6 Å². The standard InChI is InChI=1S/C28H26ClF3N2O6/c1-16-23(11-17-6-7-19(37-2)13-26(17)40-33)22-9-8-21(39-28(30,31)32)12-25(22)34(16)14-18-10-20(38-15-27(35)36)4-3-5-24(18)29/h3-10,12-13,20H,11,14-15,33H2,1-2H3,(H,35,36). The molecule has 0 bridgehead atoms. The van der Waals surface area contributed by atoms with Crippen molar-refractivity contribution in [2.45, 2.75) is 32.4 Å². The fourth-order valence-electron chi connectivity index (χ4n) is 4.52. The Morgan fingerprint density at radius 3 is 2.60 bits per heavy atom. The van der Waals surface area contributed by atoms with Crippen LogP contribution < -0.4 is 20.2 Å². The molecule has 0 radical (unpaired) electrons. The predicted octanol–water partition coefficient (Wildman–Crippen LogP) is 5.79. The number of carboxylic acids is 1. The second-order valence-electron chi connectivity index (χ2n) is 8.91. The molecular formula is C28H26ClF3N2O6. The Hall–Kier alpha value is -3.93. The maximum absolute atomic E-state index is 13.0. The quantitative estimate of drug-likeness (QED) is 0.293. The van der Waals surface area contributed by atoms with E-state index < -0.39 is 25.0 Å². The number of benzene rings is 2. The van der Waals surface area contributed by atoms with Crippen LogP contribution in [-0.2, 0) is 22.5 Å². The maximum atomic E-state index is 13.0. The highest BCUT2D eigenvalue weighted by atomic mass is 35.5. The topological polar surface area (TPSA) is 105 Å². The van der Waals surface area contributed by atoms with E-state index in [-0.39, 0.29) is 12.3 Å². The lowest BCUT2D eigenvalue weighted by Gasteiger charge is -2.15. The van der Waals surface area contributed by atoms with E-state index in [4.69, 9.17) is 36.9 Å². The van der Waals surface area contributed by atoms with Gasteiger partial charge in [0.1, 0.15) is 18.1 Å². The zero-order valence-corrected chi connectivity index (χ0v) is 22.3. The molecule has 8 nitrogen and oxygen atoms in total. The van der Waals surface area contributed by atoms with E-state index in [9.17, 15) is 18.0 Å². The van der Waals surface area contributed by atoms with Crippen LogP contribution in [0.2, 0.25) is 0 Å². The van der Waals surface area contributed by atoms with Gasteiger partial charge in [0, 0.05) is 46.8 Å². The summed E-state index contributed by atoms with van der Waals surface area (Å²) in [4.78, 5) is 16.1. The first-order chi connectivity index (χ1) is 19.0. The number of nitrogens with zero attached hydrogens (tertiary/aromatic N) is 1. The predicted molar refractivity (Wildman–Crippen MR) is 143 cm³/mol. The summed E-state index contributed by atoms with van der Waals surface area (Å²) in [5, 5.41) is 10.1. The van der Waals surface area contributed by atoms with Crippen LogP contribution in [0.25, 0.3) is 10.9 Å². The first-order valence-electron chi connectivity index (χ1n) is 12.0. The number of alkyl halides is 3. The molecule has 3 aromatic rings. The van der Waals surface area contributed by atoms with E-state index in [2.05, 4.69) is 4.74 Å². The average Bonchev–Trinajstić information content (AvgIpc) is 3.02. The molecule has 1 atom stereocenters. The van der Waals surface area contributed by atoms with Crippen molar-refractivity contribution in [2.24, 2.45) is 5.90 Å².